The summed E-state index contributed by atoms with van der Waals surface area (Å²) in [5.74, 6) is -0.219. The maximum absolute atomic E-state index is 12.1. The molecule has 21 heavy (non-hydrogen) atoms. The molecule has 0 fully saturated rings. The molecule has 6 heteroatoms. The Morgan fingerprint density at radius 1 is 1.43 bits per heavy atom. The van der Waals surface area contributed by atoms with Crippen molar-refractivity contribution in [2.24, 2.45) is 0 Å². The first-order chi connectivity index (χ1) is 10.1. The van der Waals surface area contributed by atoms with Gasteiger partial charge in [-0.15, -0.1) is 0 Å². The first kappa shape index (κ1) is 15.2. The molecule has 1 unspecified atom stereocenters. The molecule has 2 heterocycles. The highest BCUT2D eigenvalue weighted by molar-refractivity contribution is 5.95. The number of hydrogen-bond donors (Lipinski definition) is 2. The van der Waals surface area contributed by atoms with E-state index in [4.69, 9.17) is 0 Å². The first-order valence-electron chi connectivity index (χ1n) is 7.04. The number of carbonyl (C=O) groups excluding carboxylic acids is 1. The molecule has 6 nitrogen and oxygen atoms in total. The summed E-state index contributed by atoms with van der Waals surface area (Å²) in [7, 11) is 0. The summed E-state index contributed by atoms with van der Waals surface area (Å²) in [6.07, 6.45) is 5.95. The van der Waals surface area contributed by atoms with Crippen LogP contribution in [0.25, 0.3) is 5.69 Å². The highest BCUT2D eigenvalue weighted by Crippen LogP contribution is 2.13. The van der Waals surface area contributed by atoms with E-state index in [0.29, 0.717) is 12.0 Å². The lowest BCUT2D eigenvalue weighted by Crippen LogP contribution is -2.32. The summed E-state index contributed by atoms with van der Waals surface area (Å²) >= 11 is 0. The number of pyridine rings is 1. The number of amides is 1. The topological polar surface area (TPSA) is 80.0 Å². The molecule has 2 aromatic rings. The standard InChI is InChI=1S/C15H20N4O2/c1-3-4-13(20)9-17-15(21)14-10-18-19(11(14)2)12-5-7-16-8-6-12/h5-8,10,13,20H,3-4,9H2,1-2H3,(H,17,21). The monoisotopic (exact) mass is 288 g/mol. The third-order valence-electron chi connectivity index (χ3n) is 3.28. The Morgan fingerprint density at radius 2 is 2.14 bits per heavy atom. The SMILES string of the molecule is CCCC(O)CNC(=O)c1cnn(-c2ccncc2)c1C. The Hall–Kier alpha value is -2.21. The van der Waals surface area contributed by atoms with Crippen LogP contribution in [0.15, 0.2) is 30.7 Å². The van der Waals surface area contributed by atoms with Crippen molar-refractivity contribution in [3.8, 4) is 5.69 Å². The average Bonchev–Trinajstić information content (AvgIpc) is 2.88. The predicted octanol–water partition coefficient (Wildman–Crippen LogP) is 1.47. The maximum Gasteiger partial charge on any atom is 0.254 e. The lowest BCUT2D eigenvalue weighted by atomic mass is 10.2. The molecule has 0 bridgehead atoms. The molecular formula is C15H20N4O2. The number of hydrogen-bond acceptors (Lipinski definition) is 4. The second kappa shape index (κ2) is 6.99. The van der Waals surface area contributed by atoms with Gasteiger partial charge in [-0.2, -0.15) is 5.10 Å². The smallest absolute Gasteiger partial charge is 0.254 e. The van der Waals surface area contributed by atoms with Crippen LogP contribution in [0.4, 0.5) is 0 Å². The molecule has 0 aliphatic rings. The largest absolute Gasteiger partial charge is 0.391 e. The Morgan fingerprint density at radius 3 is 2.81 bits per heavy atom. The molecule has 0 spiro atoms. The van der Waals surface area contributed by atoms with Crippen molar-refractivity contribution in [1.82, 2.24) is 20.1 Å². The zero-order chi connectivity index (χ0) is 15.2. The van der Waals surface area contributed by atoms with Crippen LogP contribution in [0.3, 0.4) is 0 Å². The van der Waals surface area contributed by atoms with Gasteiger partial charge < -0.3 is 10.4 Å². The molecule has 0 aromatic carbocycles. The normalized spacial score (nSPS) is 12.1. The van der Waals surface area contributed by atoms with Gasteiger partial charge in [0.1, 0.15) is 0 Å². The van der Waals surface area contributed by atoms with Crippen LogP contribution in [0, 0.1) is 6.92 Å². The summed E-state index contributed by atoms with van der Waals surface area (Å²) in [5, 5.41) is 16.6. The molecule has 0 aliphatic heterocycles. The summed E-state index contributed by atoms with van der Waals surface area (Å²) in [6.45, 7) is 4.09. The first-order valence-corrected chi connectivity index (χ1v) is 7.04. The van der Waals surface area contributed by atoms with Gasteiger partial charge in [-0.25, -0.2) is 4.68 Å². The lowest BCUT2D eigenvalue weighted by Gasteiger charge is -2.10. The minimum absolute atomic E-state index is 0.219. The summed E-state index contributed by atoms with van der Waals surface area (Å²) in [4.78, 5) is 16.1. The van der Waals surface area contributed by atoms with Gasteiger partial charge in [0.05, 0.1) is 29.2 Å². The van der Waals surface area contributed by atoms with E-state index in [1.165, 1.54) is 6.20 Å². The number of nitrogens with zero attached hydrogens (tertiary/aromatic N) is 3. The van der Waals surface area contributed by atoms with Crippen molar-refractivity contribution < 1.29 is 9.90 Å². The van der Waals surface area contributed by atoms with Gasteiger partial charge in [0, 0.05) is 18.9 Å². The van der Waals surface area contributed by atoms with Gasteiger partial charge in [-0.05, 0) is 25.5 Å². The second-order valence-electron chi connectivity index (χ2n) is 4.91. The fraction of sp³-hybridized carbons (Fsp3) is 0.400. The van der Waals surface area contributed by atoms with Crippen LogP contribution in [-0.4, -0.2) is 38.4 Å². The van der Waals surface area contributed by atoms with Crippen molar-refractivity contribution in [2.75, 3.05) is 6.54 Å². The number of rotatable bonds is 6. The van der Waals surface area contributed by atoms with Gasteiger partial charge in [0.25, 0.3) is 5.91 Å². The van der Waals surface area contributed by atoms with Gasteiger partial charge >= 0.3 is 0 Å². The van der Waals surface area contributed by atoms with Crippen molar-refractivity contribution in [3.05, 3.63) is 42.0 Å². The molecule has 2 N–H and O–H groups in total. The average molecular weight is 288 g/mol. The third-order valence-corrected chi connectivity index (χ3v) is 3.28. The van der Waals surface area contributed by atoms with Crippen molar-refractivity contribution in [3.63, 3.8) is 0 Å². The number of aliphatic hydroxyl groups excluding tert-OH is 1. The molecule has 0 saturated carbocycles. The van der Waals surface area contributed by atoms with Crippen molar-refractivity contribution in [1.29, 1.82) is 0 Å². The van der Waals surface area contributed by atoms with E-state index in [-0.39, 0.29) is 12.5 Å². The molecule has 0 radical (unpaired) electrons. The minimum Gasteiger partial charge on any atom is -0.391 e. The van der Waals surface area contributed by atoms with Crippen molar-refractivity contribution in [2.45, 2.75) is 32.8 Å². The molecular weight excluding hydrogens is 268 g/mol. The van der Waals surface area contributed by atoms with Crippen molar-refractivity contribution >= 4 is 5.91 Å². The lowest BCUT2D eigenvalue weighted by molar-refractivity contribution is 0.0909. The number of aliphatic hydroxyl groups is 1. The second-order valence-corrected chi connectivity index (χ2v) is 4.91. The van der Waals surface area contributed by atoms with E-state index < -0.39 is 6.10 Å². The van der Waals surface area contributed by atoms with Gasteiger partial charge in [-0.1, -0.05) is 13.3 Å². The maximum atomic E-state index is 12.1. The molecule has 2 aromatic heterocycles. The Bertz CT molecular complexity index is 595. The fourth-order valence-electron chi connectivity index (χ4n) is 2.12. The van der Waals surface area contributed by atoms with Crippen LogP contribution in [-0.2, 0) is 0 Å². The highest BCUT2D eigenvalue weighted by atomic mass is 16.3. The van der Waals surface area contributed by atoms with E-state index in [9.17, 15) is 9.90 Å². The van der Waals surface area contributed by atoms with E-state index >= 15 is 0 Å². The van der Waals surface area contributed by atoms with E-state index in [1.807, 2.05) is 26.0 Å². The molecule has 2 rings (SSSR count). The third kappa shape index (κ3) is 3.66. The Labute approximate surface area is 123 Å². The van der Waals surface area contributed by atoms with E-state index in [1.54, 1.807) is 17.1 Å². The Kier molecular flexibility index (Phi) is 5.05. The predicted molar refractivity (Wildman–Crippen MR) is 79.3 cm³/mol. The number of nitrogens with one attached hydrogen (secondary N) is 1. The van der Waals surface area contributed by atoms with E-state index in [2.05, 4.69) is 15.4 Å². The number of aromatic nitrogens is 3. The zero-order valence-electron chi connectivity index (χ0n) is 12.3. The zero-order valence-corrected chi connectivity index (χ0v) is 12.3. The van der Waals surface area contributed by atoms with Crippen LogP contribution in [0.1, 0.15) is 35.8 Å². The van der Waals surface area contributed by atoms with Crippen LogP contribution < -0.4 is 5.32 Å². The van der Waals surface area contributed by atoms with Gasteiger partial charge in [-0.3, -0.25) is 9.78 Å². The molecule has 0 saturated heterocycles. The van der Waals surface area contributed by atoms with Crippen LogP contribution in [0.5, 0.6) is 0 Å². The quantitative estimate of drug-likeness (QED) is 0.843. The number of carbonyl (C=O) groups is 1. The van der Waals surface area contributed by atoms with E-state index in [0.717, 1.165) is 17.8 Å². The van der Waals surface area contributed by atoms with Crippen LogP contribution >= 0.6 is 0 Å². The summed E-state index contributed by atoms with van der Waals surface area (Å²) < 4.78 is 1.69. The Balaban J connectivity index is 2.08. The minimum atomic E-state index is -0.505. The van der Waals surface area contributed by atoms with Crippen LogP contribution in [0.2, 0.25) is 0 Å². The summed E-state index contributed by atoms with van der Waals surface area (Å²) in [5.41, 5.74) is 2.12. The highest BCUT2D eigenvalue weighted by Gasteiger charge is 2.15. The molecule has 1 amide bonds. The molecule has 112 valence electrons. The van der Waals surface area contributed by atoms with Gasteiger partial charge in [0.15, 0.2) is 0 Å². The summed E-state index contributed by atoms with van der Waals surface area (Å²) in [6, 6.07) is 3.65. The van der Waals surface area contributed by atoms with Gasteiger partial charge in [0.2, 0.25) is 0 Å². The fourth-order valence-corrected chi connectivity index (χ4v) is 2.12. The molecule has 0 aliphatic carbocycles. The molecule has 1 atom stereocenters.